The lowest BCUT2D eigenvalue weighted by molar-refractivity contribution is -0.138. The van der Waals surface area contributed by atoms with Crippen molar-refractivity contribution in [3.05, 3.63) is 35.4 Å². The minimum atomic E-state index is -4.44. The molecule has 0 aromatic heterocycles. The molecule has 1 aromatic rings. The highest BCUT2D eigenvalue weighted by Gasteiger charge is 2.32. The first kappa shape index (κ1) is 17.5. The number of carbonyl (C=O) groups is 1. The van der Waals surface area contributed by atoms with E-state index >= 15 is 0 Å². The summed E-state index contributed by atoms with van der Waals surface area (Å²) in [4.78, 5) is 11.7. The van der Waals surface area contributed by atoms with Crippen LogP contribution in [0.4, 0.5) is 13.2 Å². The topological polar surface area (TPSA) is 81.1 Å². The summed E-state index contributed by atoms with van der Waals surface area (Å²) < 4.78 is 38.4. The smallest absolute Gasteiger partial charge is 0.351 e. The van der Waals surface area contributed by atoms with Crippen LogP contribution in [-0.4, -0.2) is 18.5 Å². The lowest BCUT2D eigenvalue weighted by Crippen LogP contribution is -2.40. The van der Waals surface area contributed by atoms with Gasteiger partial charge in [-0.25, -0.2) is 0 Å². The average Bonchev–Trinajstić information content (AvgIpc) is 2.44. The molecule has 0 heterocycles. The van der Waals surface area contributed by atoms with Gasteiger partial charge in [0.25, 0.3) is 0 Å². The van der Waals surface area contributed by atoms with Crippen LogP contribution in [0.5, 0.6) is 0 Å². The van der Waals surface area contributed by atoms with Gasteiger partial charge in [-0.05, 0) is 31.0 Å². The van der Waals surface area contributed by atoms with Crippen LogP contribution in [0.2, 0.25) is 0 Å². The van der Waals surface area contributed by atoms with Crippen LogP contribution in [-0.2, 0) is 17.5 Å². The van der Waals surface area contributed by atoms with Crippen molar-refractivity contribution in [3.8, 4) is 0 Å². The number of hydrogen-bond acceptors (Lipinski definition) is 3. The fraction of sp³-hybridized carbons (Fsp3) is 0.500. The minimum absolute atomic E-state index is 0.0208. The first-order chi connectivity index (χ1) is 9.86. The normalized spacial score (nSPS) is 13.0. The van der Waals surface area contributed by atoms with E-state index in [1.54, 1.807) is 0 Å². The minimum Gasteiger partial charge on any atom is -0.351 e. The Morgan fingerprint density at radius 2 is 1.90 bits per heavy atom. The van der Waals surface area contributed by atoms with Gasteiger partial charge >= 0.3 is 6.18 Å². The quantitative estimate of drug-likeness (QED) is 0.672. The van der Waals surface area contributed by atoms with E-state index in [1.807, 2.05) is 0 Å². The number of alkyl halides is 3. The molecule has 0 radical (unpaired) electrons. The summed E-state index contributed by atoms with van der Waals surface area (Å²) in [5, 5.41) is 2.44. The highest BCUT2D eigenvalue weighted by Crippen LogP contribution is 2.31. The molecule has 1 atom stereocenters. The molecule has 0 bridgehead atoms. The molecule has 1 unspecified atom stereocenters. The molecule has 0 fully saturated rings. The Morgan fingerprint density at radius 1 is 1.24 bits per heavy atom. The molecule has 1 aromatic carbocycles. The second-order valence-electron chi connectivity index (χ2n) is 4.76. The zero-order valence-electron chi connectivity index (χ0n) is 11.6. The van der Waals surface area contributed by atoms with Crippen molar-refractivity contribution < 1.29 is 18.0 Å². The summed E-state index contributed by atoms with van der Waals surface area (Å²) in [5.74, 6) is -0.455. The summed E-state index contributed by atoms with van der Waals surface area (Å²) in [7, 11) is 0. The van der Waals surface area contributed by atoms with Crippen molar-refractivity contribution in [2.75, 3.05) is 6.54 Å². The molecule has 0 aliphatic carbocycles. The van der Waals surface area contributed by atoms with Gasteiger partial charge in [0.2, 0.25) is 5.91 Å². The number of benzene rings is 1. The highest BCUT2D eigenvalue weighted by atomic mass is 19.4. The van der Waals surface area contributed by atoms with E-state index in [1.165, 1.54) is 18.2 Å². The summed E-state index contributed by atoms with van der Waals surface area (Å²) in [6, 6.07) is 4.41. The van der Waals surface area contributed by atoms with Crippen LogP contribution in [0.1, 0.15) is 30.4 Å². The van der Waals surface area contributed by atoms with E-state index in [0.29, 0.717) is 19.4 Å². The first-order valence-electron chi connectivity index (χ1n) is 6.74. The monoisotopic (exact) mass is 303 g/mol. The number of nitrogens with one attached hydrogen (secondary N) is 1. The van der Waals surface area contributed by atoms with E-state index in [4.69, 9.17) is 11.5 Å². The van der Waals surface area contributed by atoms with Crippen LogP contribution in [0.25, 0.3) is 0 Å². The van der Waals surface area contributed by atoms with E-state index < -0.39 is 23.7 Å². The molecule has 0 saturated carbocycles. The van der Waals surface area contributed by atoms with Gasteiger partial charge in [-0.2, -0.15) is 13.2 Å². The number of rotatable bonds is 7. The standard InChI is InChI=1S/C14H20F3N3O/c15-14(16,17)11-6-2-1-5-10(11)9-20-13(21)12(19)7-3-4-8-18/h1-2,5-6,12H,3-4,7-9,18-19H2,(H,20,21). The number of amides is 1. The Balaban J connectivity index is 2.57. The van der Waals surface area contributed by atoms with Crippen molar-refractivity contribution in [1.82, 2.24) is 5.32 Å². The number of nitrogens with two attached hydrogens (primary N) is 2. The Labute approximate surface area is 121 Å². The second-order valence-corrected chi connectivity index (χ2v) is 4.76. The molecular weight excluding hydrogens is 283 g/mol. The van der Waals surface area contributed by atoms with Crippen LogP contribution in [0, 0.1) is 0 Å². The zero-order valence-corrected chi connectivity index (χ0v) is 11.6. The molecular formula is C14H20F3N3O. The third-order valence-electron chi connectivity index (χ3n) is 3.08. The number of unbranched alkanes of at least 4 members (excludes halogenated alkanes) is 1. The van der Waals surface area contributed by atoms with Crippen molar-refractivity contribution >= 4 is 5.91 Å². The first-order valence-corrected chi connectivity index (χ1v) is 6.74. The van der Waals surface area contributed by atoms with Gasteiger partial charge in [-0.1, -0.05) is 24.6 Å². The van der Waals surface area contributed by atoms with E-state index in [9.17, 15) is 18.0 Å². The van der Waals surface area contributed by atoms with Crippen molar-refractivity contribution in [2.24, 2.45) is 11.5 Å². The molecule has 0 aliphatic rings. The lowest BCUT2D eigenvalue weighted by Gasteiger charge is -2.15. The summed E-state index contributed by atoms with van der Waals surface area (Å²) in [6.45, 7) is 0.326. The number of halogens is 3. The predicted molar refractivity (Wildman–Crippen MR) is 74.2 cm³/mol. The Hall–Kier alpha value is -1.60. The molecule has 4 nitrogen and oxygen atoms in total. The van der Waals surface area contributed by atoms with E-state index in [0.717, 1.165) is 12.5 Å². The van der Waals surface area contributed by atoms with Crippen molar-refractivity contribution in [3.63, 3.8) is 0 Å². The molecule has 7 heteroatoms. The van der Waals surface area contributed by atoms with Gasteiger partial charge in [0, 0.05) is 6.54 Å². The third-order valence-corrected chi connectivity index (χ3v) is 3.08. The lowest BCUT2D eigenvalue weighted by atomic mass is 10.1. The molecule has 21 heavy (non-hydrogen) atoms. The molecule has 1 rings (SSSR count). The van der Waals surface area contributed by atoms with Crippen LogP contribution < -0.4 is 16.8 Å². The van der Waals surface area contributed by atoms with Gasteiger partial charge in [0.05, 0.1) is 11.6 Å². The van der Waals surface area contributed by atoms with Gasteiger partial charge in [-0.15, -0.1) is 0 Å². The van der Waals surface area contributed by atoms with Gasteiger partial charge in [0.1, 0.15) is 0 Å². The molecule has 0 saturated heterocycles. The average molecular weight is 303 g/mol. The molecule has 118 valence electrons. The zero-order chi connectivity index (χ0) is 15.9. The van der Waals surface area contributed by atoms with Crippen molar-refractivity contribution in [2.45, 2.75) is 38.0 Å². The van der Waals surface area contributed by atoms with E-state index in [2.05, 4.69) is 5.32 Å². The molecule has 1 amide bonds. The SMILES string of the molecule is NCCCCC(N)C(=O)NCc1ccccc1C(F)(F)F. The predicted octanol–water partition coefficient (Wildman–Crippen LogP) is 1.78. The van der Waals surface area contributed by atoms with Gasteiger partial charge < -0.3 is 16.8 Å². The van der Waals surface area contributed by atoms with Crippen LogP contribution in [0.3, 0.4) is 0 Å². The molecule has 0 spiro atoms. The van der Waals surface area contributed by atoms with Crippen molar-refractivity contribution in [1.29, 1.82) is 0 Å². The summed E-state index contributed by atoms with van der Waals surface area (Å²) in [5.41, 5.74) is 10.3. The highest BCUT2D eigenvalue weighted by molar-refractivity contribution is 5.81. The Bertz CT molecular complexity index is 463. The fourth-order valence-electron chi connectivity index (χ4n) is 1.90. The van der Waals surface area contributed by atoms with Crippen LogP contribution >= 0.6 is 0 Å². The number of carbonyl (C=O) groups excluding carboxylic acids is 1. The fourth-order valence-corrected chi connectivity index (χ4v) is 1.90. The van der Waals surface area contributed by atoms with Gasteiger partial charge in [-0.3, -0.25) is 4.79 Å². The maximum absolute atomic E-state index is 12.8. The maximum Gasteiger partial charge on any atom is 0.416 e. The third kappa shape index (κ3) is 5.73. The van der Waals surface area contributed by atoms with E-state index in [-0.39, 0.29) is 12.1 Å². The maximum atomic E-state index is 12.8. The second kappa shape index (κ2) is 7.99. The summed E-state index contributed by atoms with van der Waals surface area (Å²) >= 11 is 0. The molecule has 0 aliphatic heterocycles. The Kier molecular flexibility index (Phi) is 6.64. The largest absolute Gasteiger partial charge is 0.416 e. The van der Waals surface area contributed by atoms with Crippen LogP contribution in [0.15, 0.2) is 24.3 Å². The molecule has 5 N–H and O–H groups in total. The summed E-state index contributed by atoms with van der Waals surface area (Å²) in [6.07, 6.45) is -2.50. The Morgan fingerprint density at radius 3 is 2.52 bits per heavy atom. The van der Waals surface area contributed by atoms with Gasteiger partial charge in [0.15, 0.2) is 0 Å². The number of hydrogen-bond donors (Lipinski definition) is 3.